The summed E-state index contributed by atoms with van der Waals surface area (Å²) in [5.74, 6) is 1.50. The molecule has 0 unspecified atom stereocenters. The van der Waals surface area contributed by atoms with Crippen molar-refractivity contribution in [2.75, 3.05) is 0 Å². The summed E-state index contributed by atoms with van der Waals surface area (Å²) in [6.45, 7) is 7.13. The largest absolute Gasteiger partial charge is 0.465 e. The lowest BCUT2D eigenvalue weighted by molar-refractivity contribution is 0.0930. The van der Waals surface area contributed by atoms with Crippen LogP contribution in [0.4, 0.5) is 8.78 Å². The van der Waals surface area contributed by atoms with Gasteiger partial charge >= 0.3 is 0 Å². The van der Waals surface area contributed by atoms with Gasteiger partial charge < -0.3 is 13.9 Å². The molecular formula is C27H27F2NO3. The van der Waals surface area contributed by atoms with Gasteiger partial charge in [-0.3, -0.25) is 4.90 Å². The summed E-state index contributed by atoms with van der Waals surface area (Å²) < 4.78 is 39.9. The maximum atomic E-state index is 14.1. The maximum Gasteiger partial charge on any atom is 0.173 e. The topological polar surface area (TPSA) is 49.8 Å². The average Bonchev–Trinajstić information content (AvgIpc) is 3.42. The fourth-order valence-corrected chi connectivity index (χ4v) is 3.93. The third kappa shape index (κ3) is 4.92. The van der Waals surface area contributed by atoms with Crippen LogP contribution >= 0.6 is 0 Å². The van der Waals surface area contributed by atoms with E-state index in [1.54, 1.807) is 24.3 Å². The highest BCUT2D eigenvalue weighted by atomic mass is 19.1. The van der Waals surface area contributed by atoms with E-state index >= 15 is 0 Å². The number of hydrogen-bond acceptors (Lipinski definition) is 4. The Bertz CT molecular complexity index is 1180. The summed E-state index contributed by atoms with van der Waals surface area (Å²) in [5.41, 5.74) is -1.36. The molecule has 1 N–H and O–H groups in total. The number of nitrogens with zero attached hydrogens (tertiary/aromatic N) is 1. The summed E-state index contributed by atoms with van der Waals surface area (Å²) in [6, 6.07) is 18.7. The molecule has 2 aromatic carbocycles. The van der Waals surface area contributed by atoms with E-state index in [0.717, 1.165) is 11.5 Å². The lowest BCUT2D eigenvalue weighted by Crippen LogP contribution is -2.30. The Labute approximate surface area is 192 Å². The second kappa shape index (κ2) is 9.33. The number of aryl methyl sites for hydroxylation is 1. The van der Waals surface area contributed by atoms with Gasteiger partial charge in [0.15, 0.2) is 5.60 Å². The Morgan fingerprint density at radius 3 is 1.85 bits per heavy atom. The van der Waals surface area contributed by atoms with Crippen LogP contribution in [-0.4, -0.2) is 16.0 Å². The van der Waals surface area contributed by atoms with E-state index in [-0.39, 0.29) is 22.9 Å². The Hall–Kier alpha value is -3.22. The zero-order chi connectivity index (χ0) is 23.6. The highest BCUT2D eigenvalue weighted by molar-refractivity contribution is 5.44. The zero-order valence-corrected chi connectivity index (χ0v) is 18.9. The molecule has 0 saturated heterocycles. The minimum Gasteiger partial charge on any atom is -0.465 e. The second-order valence-electron chi connectivity index (χ2n) is 8.51. The van der Waals surface area contributed by atoms with Gasteiger partial charge in [-0.15, -0.1) is 0 Å². The summed E-state index contributed by atoms with van der Waals surface area (Å²) in [7, 11) is 0. The number of benzene rings is 2. The summed E-state index contributed by atoms with van der Waals surface area (Å²) in [6.07, 6.45) is 0. The molecule has 6 heteroatoms. The van der Waals surface area contributed by atoms with Crippen LogP contribution < -0.4 is 0 Å². The lowest BCUT2D eigenvalue weighted by Gasteiger charge is -2.28. The molecule has 0 amide bonds. The van der Waals surface area contributed by atoms with Crippen LogP contribution in [0.15, 0.2) is 81.6 Å². The monoisotopic (exact) mass is 451 g/mol. The van der Waals surface area contributed by atoms with E-state index in [1.165, 1.54) is 36.4 Å². The Kier molecular flexibility index (Phi) is 6.49. The lowest BCUT2D eigenvalue weighted by atomic mass is 9.84. The van der Waals surface area contributed by atoms with Crippen LogP contribution in [0.3, 0.4) is 0 Å². The predicted octanol–water partition coefficient (Wildman–Crippen LogP) is 6.15. The average molecular weight is 452 g/mol. The van der Waals surface area contributed by atoms with Gasteiger partial charge in [-0.05, 0) is 80.4 Å². The molecule has 0 radical (unpaired) electrons. The van der Waals surface area contributed by atoms with Gasteiger partial charge in [0.1, 0.15) is 34.7 Å². The number of halogens is 2. The van der Waals surface area contributed by atoms with Gasteiger partial charge in [0.25, 0.3) is 0 Å². The fourth-order valence-electron chi connectivity index (χ4n) is 3.93. The third-order valence-corrected chi connectivity index (χ3v) is 5.75. The molecule has 4 rings (SSSR count). The van der Waals surface area contributed by atoms with Crippen molar-refractivity contribution in [1.29, 1.82) is 0 Å². The molecule has 0 aliphatic carbocycles. The first-order chi connectivity index (χ1) is 15.8. The molecule has 0 fully saturated rings. The molecule has 4 nitrogen and oxygen atoms in total. The van der Waals surface area contributed by atoms with E-state index in [9.17, 15) is 13.9 Å². The molecule has 0 aliphatic rings. The van der Waals surface area contributed by atoms with Crippen molar-refractivity contribution in [1.82, 2.24) is 4.90 Å². The van der Waals surface area contributed by atoms with Crippen LogP contribution in [0.25, 0.3) is 0 Å². The normalized spacial score (nSPS) is 12.1. The molecule has 2 heterocycles. The van der Waals surface area contributed by atoms with Crippen LogP contribution in [0.2, 0.25) is 0 Å². The van der Waals surface area contributed by atoms with Crippen LogP contribution in [0.5, 0.6) is 0 Å². The van der Waals surface area contributed by atoms with Crippen LogP contribution in [0, 0.1) is 18.6 Å². The van der Waals surface area contributed by atoms with Crippen molar-refractivity contribution >= 4 is 0 Å². The van der Waals surface area contributed by atoms with E-state index < -0.39 is 17.2 Å². The number of rotatable bonds is 8. The molecular weight excluding hydrogens is 424 g/mol. The van der Waals surface area contributed by atoms with Gasteiger partial charge in [0, 0.05) is 6.04 Å². The van der Waals surface area contributed by atoms with Crippen molar-refractivity contribution in [2.24, 2.45) is 0 Å². The molecule has 0 atom stereocenters. The predicted molar refractivity (Wildman–Crippen MR) is 121 cm³/mol. The van der Waals surface area contributed by atoms with Gasteiger partial charge in [-0.2, -0.15) is 0 Å². The standard InChI is InChI=1S/C27H27F2NO3/c1-18(2)30(16-24-11-10-19(3)32-24)17-25-12-13-26(33-25)27(31,20-6-4-8-22(28)14-20)21-7-5-9-23(29)15-21/h4-15,18,31H,16-17H2,1-3H3. The number of furan rings is 2. The fraction of sp³-hybridized carbons (Fsp3) is 0.259. The third-order valence-electron chi connectivity index (χ3n) is 5.75. The first-order valence-corrected chi connectivity index (χ1v) is 10.9. The van der Waals surface area contributed by atoms with E-state index in [1.807, 2.05) is 19.1 Å². The molecule has 172 valence electrons. The molecule has 2 aromatic heterocycles. The van der Waals surface area contributed by atoms with Crippen molar-refractivity contribution in [3.05, 3.63) is 119 Å². The minimum atomic E-state index is -1.86. The quantitative estimate of drug-likeness (QED) is 0.349. The van der Waals surface area contributed by atoms with E-state index in [2.05, 4.69) is 18.7 Å². The van der Waals surface area contributed by atoms with Crippen molar-refractivity contribution in [3.63, 3.8) is 0 Å². The Morgan fingerprint density at radius 2 is 1.36 bits per heavy atom. The molecule has 4 aromatic rings. The molecule has 0 aliphatic heterocycles. The van der Waals surface area contributed by atoms with Crippen LogP contribution in [0.1, 0.15) is 48.0 Å². The summed E-state index contributed by atoms with van der Waals surface area (Å²) >= 11 is 0. The Morgan fingerprint density at radius 1 is 0.818 bits per heavy atom. The van der Waals surface area contributed by atoms with Gasteiger partial charge in [-0.1, -0.05) is 24.3 Å². The maximum absolute atomic E-state index is 14.1. The molecule has 0 spiro atoms. The van der Waals surface area contributed by atoms with Crippen LogP contribution in [-0.2, 0) is 18.7 Å². The first-order valence-electron chi connectivity index (χ1n) is 10.9. The molecule has 0 saturated carbocycles. The van der Waals surface area contributed by atoms with Gasteiger partial charge in [0.05, 0.1) is 13.1 Å². The van der Waals surface area contributed by atoms with Gasteiger partial charge in [-0.25, -0.2) is 8.78 Å². The van der Waals surface area contributed by atoms with Crippen molar-refractivity contribution < 1.29 is 22.7 Å². The van der Waals surface area contributed by atoms with Crippen molar-refractivity contribution in [2.45, 2.75) is 45.5 Å². The molecule has 33 heavy (non-hydrogen) atoms. The summed E-state index contributed by atoms with van der Waals surface area (Å²) in [4.78, 5) is 2.17. The van der Waals surface area contributed by atoms with E-state index in [0.29, 0.717) is 18.8 Å². The van der Waals surface area contributed by atoms with E-state index in [4.69, 9.17) is 8.83 Å². The Balaban J connectivity index is 1.69. The number of aliphatic hydroxyl groups is 1. The highest BCUT2D eigenvalue weighted by Crippen LogP contribution is 2.38. The van der Waals surface area contributed by atoms with Crippen molar-refractivity contribution in [3.8, 4) is 0 Å². The first kappa shape index (κ1) is 23.0. The SMILES string of the molecule is Cc1ccc(CN(Cc2ccc(C(O)(c3cccc(F)c3)c3cccc(F)c3)o2)C(C)C)o1. The molecule has 0 bridgehead atoms. The highest BCUT2D eigenvalue weighted by Gasteiger charge is 2.38. The minimum absolute atomic E-state index is 0.186. The van der Waals surface area contributed by atoms with Gasteiger partial charge in [0.2, 0.25) is 0 Å². The number of hydrogen-bond donors (Lipinski definition) is 1. The zero-order valence-electron chi connectivity index (χ0n) is 18.9. The summed E-state index contributed by atoms with van der Waals surface area (Å²) in [5, 5.41) is 11.8. The smallest absolute Gasteiger partial charge is 0.173 e. The second-order valence-corrected chi connectivity index (χ2v) is 8.51.